The van der Waals surface area contributed by atoms with Crippen LogP contribution in [0.1, 0.15) is 28.4 Å². The largest absolute Gasteiger partial charge is 0.294 e. The quantitative estimate of drug-likeness (QED) is 0.312. The van der Waals surface area contributed by atoms with Crippen LogP contribution >= 0.6 is 0 Å². The highest BCUT2D eigenvalue weighted by molar-refractivity contribution is 6.10. The fraction of sp³-hybridized carbons (Fsp3) is 0.160. The van der Waals surface area contributed by atoms with Crippen molar-refractivity contribution in [2.45, 2.75) is 20.3 Å². The van der Waals surface area contributed by atoms with E-state index in [4.69, 9.17) is 0 Å². The number of Topliss-reactive ketones (excluding diaryl/α,β-unsaturated/α-hetero) is 1. The summed E-state index contributed by atoms with van der Waals surface area (Å²) in [5, 5.41) is 5.09. The van der Waals surface area contributed by atoms with Crippen LogP contribution in [0.4, 0.5) is 0 Å². The van der Waals surface area contributed by atoms with Crippen molar-refractivity contribution in [2.24, 2.45) is 5.92 Å². The third kappa shape index (κ3) is 2.80. The van der Waals surface area contributed by atoms with Crippen molar-refractivity contribution < 1.29 is 4.79 Å². The fourth-order valence-corrected chi connectivity index (χ4v) is 3.94. The number of ketones is 1. The number of benzene rings is 4. The Labute approximate surface area is 154 Å². The van der Waals surface area contributed by atoms with Crippen molar-refractivity contribution in [3.8, 4) is 0 Å². The average Bonchev–Trinajstić information content (AvgIpc) is 2.71. The van der Waals surface area contributed by atoms with E-state index < -0.39 is 0 Å². The predicted molar refractivity (Wildman–Crippen MR) is 110 cm³/mol. The second-order valence-corrected chi connectivity index (χ2v) is 7.03. The molecule has 0 fully saturated rings. The number of carbonyl (C=O) groups excluding carboxylic acids is 1. The Morgan fingerprint density at radius 2 is 1.23 bits per heavy atom. The monoisotopic (exact) mass is 338 g/mol. The number of carbonyl (C=O) groups is 1. The highest BCUT2D eigenvalue weighted by Crippen LogP contribution is 2.34. The molecule has 0 aliphatic heterocycles. The molecule has 26 heavy (non-hydrogen) atoms. The molecule has 4 rings (SSSR count). The molecule has 0 saturated carbocycles. The highest BCUT2D eigenvalue weighted by atomic mass is 16.1. The number of fused-ring (bicyclic) bond motifs is 3. The van der Waals surface area contributed by atoms with Gasteiger partial charge in [-0.1, -0.05) is 85.8 Å². The molecule has 1 heteroatoms. The second-order valence-electron chi connectivity index (χ2n) is 7.03. The van der Waals surface area contributed by atoms with Gasteiger partial charge in [-0.05, 0) is 46.0 Å². The lowest BCUT2D eigenvalue weighted by Gasteiger charge is -2.18. The number of hydrogen-bond acceptors (Lipinski definition) is 1. The Bertz CT molecular complexity index is 1090. The van der Waals surface area contributed by atoms with E-state index in [0.29, 0.717) is 0 Å². The lowest BCUT2D eigenvalue weighted by molar-refractivity contribution is 0.0929. The first-order valence-corrected chi connectivity index (χ1v) is 9.15. The summed E-state index contributed by atoms with van der Waals surface area (Å²) in [5.74, 6) is 0.155. The summed E-state index contributed by atoms with van der Waals surface area (Å²) in [6.07, 6.45) is 0.755. The van der Waals surface area contributed by atoms with Crippen molar-refractivity contribution in [1.29, 1.82) is 0 Å². The topological polar surface area (TPSA) is 17.1 Å². The molecule has 0 bridgehead atoms. The predicted octanol–water partition coefficient (Wildman–Crippen LogP) is 6.36. The van der Waals surface area contributed by atoms with Gasteiger partial charge in [0.1, 0.15) is 0 Å². The van der Waals surface area contributed by atoms with Crippen molar-refractivity contribution in [1.82, 2.24) is 0 Å². The molecular weight excluding hydrogens is 316 g/mol. The van der Waals surface area contributed by atoms with E-state index in [1.807, 2.05) is 37.3 Å². The first-order chi connectivity index (χ1) is 12.7. The molecule has 0 saturated heterocycles. The standard InChI is InChI=1S/C25H22O/c1-17(25(26)19-10-4-3-5-11-19)16-24-18(2)20-12-6-7-13-21(20)22-14-8-9-15-23(22)24/h3-15,17H,16H2,1-2H3. The smallest absolute Gasteiger partial charge is 0.165 e. The minimum atomic E-state index is -0.0549. The van der Waals surface area contributed by atoms with Gasteiger partial charge in [0.25, 0.3) is 0 Å². The van der Waals surface area contributed by atoms with Gasteiger partial charge in [0.05, 0.1) is 0 Å². The Hall–Kier alpha value is -2.93. The zero-order valence-corrected chi connectivity index (χ0v) is 15.2. The van der Waals surface area contributed by atoms with Crippen molar-refractivity contribution in [2.75, 3.05) is 0 Å². The van der Waals surface area contributed by atoms with E-state index in [-0.39, 0.29) is 11.7 Å². The van der Waals surface area contributed by atoms with Crippen molar-refractivity contribution in [3.05, 3.63) is 95.6 Å². The van der Waals surface area contributed by atoms with E-state index in [1.54, 1.807) is 0 Å². The normalized spacial score (nSPS) is 12.4. The van der Waals surface area contributed by atoms with Crippen LogP contribution in [0, 0.1) is 12.8 Å². The summed E-state index contributed by atoms with van der Waals surface area (Å²) in [5.41, 5.74) is 3.37. The molecule has 0 aliphatic rings. The molecule has 4 aromatic carbocycles. The zero-order chi connectivity index (χ0) is 18.1. The van der Waals surface area contributed by atoms with E-state index in [9.17, 15) is 4.79 Å². The van der Waals surface area contributed by atoms with Crippen LogP contribution in [0.25, 0.3) is 21.5 Å². The summed E-state index contributed by atoms with van der Waals surface area (Å²) in [6.45, 7) is 4.22. The molecule has 1 atom stereocenters. The first-order valence-electron chi connectivity index (χ1n) is 9.15. The third-order valence-electron chi connectivity index (χ3n) is 5.34. The summed E-state index contributed by atoms with van der Waals surface area (Å²) in [4.78, 5) is 12.9. The highest BCUT2D eigenvalue weighted by Gasteiger charge is 2.19. The fourth-order valence-electron chi connectivity index (χ4n) is 3.94. The van der Waals surface area contributed by atoms with Gasteiger partial charge in [-0.3, -0.25) is 4.79 Å². The maximum atomic E-state index is 12.9. The Kier molecular flexibility index (Phi) is 4.30. The van der Waals surface area contributed by atoms with Gasteiger partial charge in [0, 0.05) is 11.5 Å². The summed E-state index contributed by atoms with van der Waals surface area (Å²) >= 11 is 0. The van der Waals surface area contributed by atoms with Gasteiger partial charge in [0.15, 0.2) is 5.78 Å². The Balaban J connectivity index is 1.83. The first kappa shape index (κ1) is 16.5. The van der Waals surface area contributed by atoms with Crippen LogP contribution < -0.4 is 0 Å². The van der Waals surface area contributed by atoms with Gasteiger partial charge in [-0.2, -0.15) is 0 Å². The maximum absolute atomic E-state index is 12.9. The molecule has 0 radical (unpaired) electrons. The molecule has 0 N–H and O–H groups in total. The molecule has 0 aliphatic carbocycles. The van der Waals surface area contributed by atoms with E-state index >= 15 is 0 Å². The van der Waals surface area contributed by atoms with Crippen molar-refractivity contribution in [3.63, 3.8) is 0 Å². The molecule has 0 heterocycles. The zero-order valence-electron chi connectivity index (χ0n) is 15.2. The molecule has 0 aromatic heterocycles. The maximum Gasteiger partial charge on any atom is 0.165 e. The van der Waals surface area contributed by atoms with Gasteiger partial charge in [-0.25, -0.2) is 0 Å². The Morgan fingerprint density at radius 3 is 1.88 bits per heavy atom. The lowest BCUT2D eigenvalue weighted by Crippen LogP contribution is -2.15. The molecule has 1 unspecified atom stereocenters. The molecule has 128 valence electrons. The lowest BCUT2D eigenvalue weighted by atomic mass is 9.85. The second kappa shape index (κ2) is 6.76. The van der Waals surface area contributed by atoms with Crippen LogP contribution in [0.2, 0.25) is 0 Å². The summed E-state index contributed by atoms with van der Waals surface area (Å²) in [6, 6.07) is 26.7. The van der Waals surface area contributed by atoms with Crippen LogP contribution in [0.3, 0.4) is 0 Å². The van der Waals surface area contributed by atoms with Gasteiger partial charge in [-0.15, -0.1) is 0 Å². The van der Waals surface area contributed by atoms with E-state index in [1.165, 1.54) is 32.7 Å². The van der Waals surface area contributed by atoms with Crippen LogP contribution in [0.15, 0.2) is 78.9 Å². The van der Waals surface area contributed by atoms with Gasteiger partial charge in [0.2, 0.25) is 0 Å². The number of aryl methyl sites for hydroxylation is 1. The number of rotatable bonds is 4. The Morgan fingerprint density at radius 1 is 0.731 bits per heavy atom. The molecule has 1 nitrogen and oxygen atoms in total. The number of hydrogen-bond donors (Lipinski definition) is 0. The minimum absolute atomic E-state index is 0.0549. The van der Waals surface area contributed by atoms with Crippen molar-refractivity contribution >= 4 is 27.3 Å². The summed E-state index contributed by atoms with van der Waals surface area (Å²) < 4.78 is 0. The molecular formula is C25H22O. The summed E-state index contributed by atoms with van der Waals surface area (Å²) in [7, 11) is 0. The van der Waals surface area contributed by atoms with E-state index in [2.05, 4.69) is 55.5 Å². The van der Waals surface area contributed by atoms with Gasteiger partial charge < -0.3 is 0 Å². The molecule has 0 amide bonds. The molecule has 4 aromatic rings. The van der Waals surface area contributed by atoms with Gasteiger partial charge >= 0.3 is 0 Å². The SMILES string of the molecule is Cc1c(CC(C)C(=O)c2ccccc2)c2ccccc2c2ccccc12. The minimum Gasteiger partial charge on any atom is -0.294 e. The van der Waals surface area contributed by atoms with Crippen LogP contribution in [-0.2, 0) is 6.42 Å². The average molecular weight is 338 g/mol. The van der Waals surface area contributed by atoms with Crippen LogP contribution in [-0.4, -0.2) is 5.78 Å². The third-order valence-corrected chi connectivity index (χ3v) is 5.34. The van der Waals surface area contributed by atoms with Crippen LogP contribution in [0.5, 0.6) is 0 Å². The molecule has 0 spiro atoms. The van der Waals surface area contributed by atoms with E-state index in [0.717, 1.165) is 12.0 Å².